The summed E-state index contributed by atoms with van der Waals surface area (Å²) in [6, 6.07) is 2.38. The van der Waals surface area contributed by atoms with Crippen molar-refractivity contribution in [3.63, 3.8) is 0 Å². The standard InChI is InChI=1S/C15H21N7/c1-21(2)15-7-14(18-11-19-15)20-12-3-6-22(9-12)10-13-8-16-4-5-17-13/h4-5,7-8,11-12H,3,6,9-10H2,1-2H3,(H,18,19,20). The van der Waals surface area contributed by atoms with Crippen molar-refractivity contribution in [1.82, 2.24) is 24.8 Å². The summed E-state index contributed by atoms with van der Waals surface area (Å²) in [4.78, 5) is 21.3. The van der Waals surface area contributed by atoms with Crippen molar-refractivity contribution in [3.8, 4) is 0 Å². The van der Waals surface area contributed by atoms with Gasteiger partial charge >= 0.3 is 0 Å². The molecule has 22 heavy (non-hydrogen) atoms. The Morgan fingerprint density at radius 3 is 2.95 bits per heavy atom. The van der Waals surface area contributed by atoms with Crippen LogP contribution in [0.15, 0.2) is 31.0 Å². The van der Waals surface area contributed by atoms with E-state index in [1.807, 2.05) is 31.3 Å². The summed E-state index contributed by atoms with van der Waals surface area (Å²) in [6.45, 7) is 2.89. The zero-order valence-electron chi connectivity index (χ0n) is 13.0. The molecule has 1 aliphatic heterocycles. The number of anilines is 2. The lowest BCUT2D eigenvalue weighted by atomic mass is 10.2. The molecule has 0 bridgehead atoms. The van der Waals surface area contributed by atoms with E-state index in [0.717, 1.165) is 43.4 Å². The van der Waals surface area contributed by atoms with Crippen molar-refractivity contribution in [3.05, 3.63) is 36.7 Å². The minimum Gasteiger partial charge on any atom is -0.366 e. The largest absolute Gasteiger partial charge is 0.366 e. The van der Waals surface area contributed by atoms with Crippen LogP contribution in [0.5, 0.6) is 0 Å². The minimum atomic E-state index is 0.404. The van der Waals surface area contributed by atoms with Gasteiger partial charge in [0, 0.05) is 64.4 Å². The highest BCUT2D eigenvalue weighted by Crippen LogP contribution is 2.18. The van der Waals surface area contributed by atoms with Gasteiger partial charge in [-0.05, 0) is 6.42 Å². The molecule has 0 spiro atoms. The van der Waals surface area contributed by atoms with Gasteiger partial charge in [0.1, 0.15) is 18.0 Å². The van der Waals surface area contributed by atoms with Crippen LogP contribution in [0.25, 0.3) is 0 Å². The normalized spacial score (nSPS) is 18.4. The van der Waals surface area contributed by atoms with Crippen LogP contribution in [0.2, 0.25) is 0 Å². The minimum absolute atomic E-state index is 0.404. The van der Waals surface area contributed by atoms with E-state index in [0.29, 0.717) is 6.04 Å². The summed E-state index contributed by atoms with van der Waals surface area (Å²) >= 11 is 0. The van der Waals surface area contributed by atoms with Crippen molar-refractivity contribution in [2.75, 3.05) is 37.4 Å². The van der Waals surface area contributed by atoms with Crippen LogP contribution in [0.3, 0.4) is 0 Å². The van der Waals surface area contributed by atoms with E-state index < -0.39 is 0 Å². The van der Waals surface area contributed by atoms with Crippen LogP contribution in [0, 0.1) is 0 Å². The fourth-order valence-electron chi connectivity index (χ4n) is 2.61. The number of likely N-dealkylation sites (tertiary alicyclic amines) is 1. The van der Waals surface area contributed by atoms with Gasteiger partial charge in [0.2, 0.25) is 0 Å². The van der Waals surface area contributed by atoms with E-state index in [-0.39, 0.29) is 0 Å². The summed E-state index contributed by atoms with van der Waals surface area (Å²) in [7, 11) is 3.95. The molecule has 2 aromatic heterocycles. The van der Waals surface area contributed by atoms with Gasteiger partial charge in [-0.2, -0.15) is 0 Å². The fourth-order valence-corrected chi connectivity index (χ4v) is 2.61. The molecule has 3 heterocycles. The average molecular weight is 299 g/mol. The highest BCUT2D eigenvalue weighted by Gasteiger charge is 2.23. The first kappa shape index (κ1) is 14.6. The number of nitrogens with one attached hydrogen (secondary N) is 1. The van der Waals surface area contributed by atoms with E-state index in [4.69, 9.17) is 0 Å². The molecule has 116 valence electrons. The molecule has 7 nitrogen and oxygen atoms in total. The zero-order chi connectivity index (χ0) is 15.4. The van der Waals surface area contributed by atoms with Crippen LogP contribution < -0.4 is 10.2 Å². The summed E-state index contributed by atoms with van der Waals surface area (Å²) < 4.78 is 0. The van der Waals surface area contributed by atoms with Gasteiger partial charge in [0.15, 0.2) is 0 Å². The van der Waals surface area contributed by atoms with Gasteiger partial charge in [-0.1, -0.05) is 0 Å². The molecule has 2 aromatic rings. The Labute approximate surface area is 130 Å². The SMILES string of the molecule is CN(C)c1cc(NC2CCN(Cc3cnccn3)C2)ncn1. The van der Waals surface area contributed by atoms with Crippen molar-refractivity contribution >= 4 is 11.6 Å². The molecule has 0 aromatic carbocycles. The monoisotopic (exact) mass is 299 g/mol. The molecule has 7 heteroatoms. The predicted molar refractivity (Wildman–Crippen MR) is 85.7 cm³/mol. The number of aromatic nitrogens is 4. The third kappa shape index (κ3) is 3.67. The second-order valence-electron chi connectivity index (χ2n) is 5.72. The van der Waals surface area contributed by atoms with Crippen molar-refractivity contribution in [2.45, 2.75) is 19.0 Å². The molecule has 0 aliphatic carbocycles. The molecule has 1 aliphatic rings. The van der Waals surface area contributed by atoms with Crippen LogP contribution in [-0.4, -0.2) is 58.1 Å². The molecule has 1 unspecified atom stereocenters. The Kier molecular flexibility index (Phi) is 4.43. The second-order valence-corrected chi connectivity index (χ2v) is 5.72. The van der Waals surface area contributed by atoms with Crippen molar-refractivity contribution in [2.24, 2.45) is 0 Å². The topological polar surface area (TPSA) is 70.1 Å². The Bertz CT molecular complexity index is 602. The molecular weight excluding hydrogens is 278 g/mol. The molecule has 1 atom stereocenters. The molecule has 0 radical (unpaired) electrons. The van der Waals surface area contributed by atoms with E-state index in [2.05, 4.69) is 30.2 Å². The Morgan fingerprint density at radius 1 is 1.27 bits per heavy atom. The summed E-state index contributed by atoms with van der Waals surface area (Å²) in [5, 5.41) is 3.50. The third-order valence-corrected chi connectivity index (χ3v) is 3.74. The fraction of sp³-hybridized carbons (Fsp3) is 0.467. The zero-order valence-corrected chi connectivity index (χ0v) is 13.0. The number of rotatable bonds is 5. The van der Waals surface area contributed by atoms with Crippen LogP contribution >= 0.6 is 0 Å². The van der Waals surface area contributed by atoms with Crippen molar-refractivity contribution < 1.29 is 0 Å². The Morgan fingerprint density at radius 2 is 2.18 bits per heavy atom. The molecule has 1 fully saturated rings. The van der Waals surface area contributed by atoms with Gasteiger partial charge in [0.25, 0.3) is 0 Å². The van der Waals surface area contributed by atoms with Crippen LogP contribution in [0.1, 0.15) is 12.1 Å². The maximum absolute atomic E-state index is 4.33. The summed E-state index contributed by atoms with van der Waals surface area (Å²) in [6.07, 6.45) is 7.97. The quantitative estimate of drug-likeness (QED) is 0.884. The van der Waals surface area contributed by atoms with Crippen molar-refractivity contribution in [1.29, 1.82) is 0 Å². The number of hydrogen-bond acceptors (Lipinski definition) is 7. The van der Waals surface area contributed by atoms with Gasteiger partial charge in [-0.3, -0.25) is 14.9 Å². The number of nitrogens with zero attached hydrogens (tertiary/aromatic N) is 6. The molecule has 0 saturated carbocycles. The Balaban J connectivity index is 1.56. The molecule has 1 N–H and O–H groups in total. The highest BCUT2D eigenvalue weighted by atomic mass is 15.2. The van der Waals surface area contributed by atoms with Gasteiger partial charge in [-0.25, -0.2) is 9.97 Å². The summed E-state index contributed by atoms with van der Waals surface area (Å²) in [5.41, 5.74) is 1.01. The first-order chi connectivity index (χ1) is 10.7. The lowest BCUT2D eigenvalue weighted by molar-refractivity contribution is 0.324. The van der Waals surface area contributed by atoms with Crippen LogP contribution in [0.4, 0.5) is 11.6 Å². The molecule has 0 amide bonds. The van der Waals surface area contributed by atoms with E-state index in [1.165, 1.54) is 0 Å². The first-order valence-electron chi connectivity index (χ1n) is 7.44. The maximum atomic E-state index is 4.33. The molecular formula is C15H21N7. The lowest BCUT2D eigenvalue weighted by Crippen LogP contribution is -2.26. The van der Waals surface area contributed by atoms with Crippen LogP contribution in [-0.2, 0) is 6.54 Å². The summed E-state index contributed by atoms with van der Waals surface area (Å²) in [5.74, 6) is 1.79. The van der Waals surface area contributed by atoms with E-state index >= 15 is 0 Å². The number of hydrogen-bond donors (Lipinski definition) is 1. The smallest absolute Gasteiger partial charge is 0.133 e. The van der Waals surface area contributed by atoms with E-state index in [1.54, 1.807) is 18.7 Å². The highest BCUT2D eigenvalue weighted by molar-refractivity contribution is 5.48. The lowest BCUT2D eigenvalue weighted by Gasteiger charge is -2.17. The molecule has 3 rings (SSSR count). The second kappa shape index (κ2) is 6.65. The first-order valence-corrected chi connectivity index (χ1v) is 7.44. The van der Waals surface area contributed by atoms with Gasteiger partial charge < -0.3 is 10.2 Å². The predicted octanol–water partition coefficient (Wildman–Crippen LogP) is 1.02. The third-order valence-electron chi connectivity index (χ3n) is 3.74. The van der Waals surface area contributed by atoms with E-state index in [9.17, 15) is 0 Å². The Hall–Kier alpha value is -2.28. The maximum Gasteiger partial charge on any atom is 0.133 e. The average Bonchev–Trinajstić information content (AvgIpc) is 2.95. The van der Waals surface area contributed by atoms with Gasteiger partial charge in [0.05, 0.1) is 5.69 Å². The molecule has 1 saturated heterocycles. The van der Waals surface area contributed by atoms with Gasteiger partial charge in [-0.15, -0.1) is 0 Å².